The fraction of sp³-hybridized carbons (Fsp3) is 0.217. The summed E-state index contributed by atoms with van der Waals surface area (Å²) >= 11 is 9.73. The van der Waals surface area contributed by atoms with Crippen molar-refractivity contribution < 1.29 is 13.2 Å². The fourth-order valence-electron chi connectivity index (χ4n) is 3.61. The van der Waals surface area contributed by atoms with Crippen molar-refractivity contribution in [2.24, 2.45) is 0 Å². The maximum Gasteiger partial charge on any atom is 0.245 e. The number of hydrogen-bond acceptors (Lipinski definition) is 4. The minimum atomic E-state index is -3.76. The lowest BCUT2D eigenvalue weighted by Crippen LogP contribution is -2.43. The van der Waals surface area contributed by atoms with E-state index in [1.165, 1.54) is 4.31 Å². The van der Waals surface area contributed by atoms with Gasteiger partial charge in [0.2, 0.25) is 10.0 Å². The minimum absolute atomic E-state index is 0.209. The van der Waals surface area contributed by atoms with Gasteiger partial charge in [0.25, 0.3) is 0 Å². The fourth-order valence-corrected chi connectivity index (χ4v) is 5.79. The second-order valence-electron chi connectivity index (χ2n) is 7.36. The number of anilines is 2. The van der Waals surface area contributed by atoms with Gasteiger partial charge in [0.05, 0.1) is 30.0 Å². The van der Waals surface area contributed by atoms with Gasteiger partial charge in [0.15, 0.2) is 0 Å². The Morgan fingerprint density at radius 2 is 1.71 bits per heavy atom. The van der Waals surface area contributed by atoms with Crippen LogP contribution in [0.5, 0.6) is 0 Å². The van der Waals surface area contributed by atoms with Crippen molar-refractivity contribution in [3.8, 4) is 0 Å². The molecule has 31 heavy (non-hydrogen) atoms. The van der Waals surface area contributed by atoms with Crippen LogP contribution in [0, 0.1) is 0 Å². The maximum absolute atomic E-state index is 13.5. The molecule has 0 bridgehead atoms. The summed E-state index contributed by atoms with van der Waals surface area (Å²) < 4.78 is 34.9. The second-order valence-corrected chi connectivity index (χ2v) is 10.6. The average Bonchev–Trinajstić information content (AvgIpc) is 2.85. The molecule has 4 rings (SSSR count). The van der Waals surface area contributed by atoms with Gasteiger partial charge in [0, 0.05) is 23.8 Å². The molecule has 0 saturated heterocycles. The standard InChI is InChI=1S/C23H22BrClN2O3S/c1-26-19(16-30-15-17-8-4-2-5-9-17)14-27(18-10-6-3-7-11-18)22-13-21(25)20(24)12-23(22)31(26,28)29/h2-13,19H,14-16H2,1H3. The van der Waals surface area contributed by atoms with E-state index in [9.17, 15) is 8.42 Å². The molecule has 0 aliphatic carbocycles. The van der Waals surface area contributed by atoms with E-state index in [-0.39, 0.29) is 17.5 Å². The Bertz CT molecular complexity index is 1160. The molecule has 3 aromatic carbocycles. The van der Waals surface area contributed by atoms with Crippen molar-refractivity contribution in [2.75, 3.05) is 25.1 Å². The molecule has 1 heterocycles. The zero-order valence-corrected chi connectivity index (χ0v) is 20.1. The summed E-state index contributed by atoms with van der Waals surface area (Å²) in [4.78, 5) is 2.20. The molecule has 1 unspecified atom stereocenters. The van der Waals surface area contributed by atoms with Crippen LogP contribution in [0.15, 0.2) is 82.2 Å². The zero-order chi connectivity index (χ0) is 22.0. The lowest BCUT2D eigenvalue weighted by Gasteiger charge is -2.29. The Morgan fingerprint density at radius 1 is 1.06 bits per heavy atom. The van der Waals surface area contributed by atoms with Crippen LogP contribution < -0.4 is 4.90 Å². The molecule has 0 saturated carbocycles. The van der Waals surface area contributed by atoms with E-state index in [4.69, 9.17) is 16.3 Å². The molecule has 5 nitrogen and oxygen atoms in total. The van der Waals surface area contributed by atoms with Crippen LogP contribution in [0.25, 0.3) is 0 Å². The number of sulfonamides is 1. The first kappa shape index (κ1) is 22.3. The van der Waals surface area contributed by atoms with Crippen LogP contribution in [0.4, 0.5) is 11.4 Å². The van der Waals surface area contributed by atoms with Gasteiger partial charge in [0.1, 0.15) is 4.90 Å². The first-order valence-corrected chi connectivity index (χ1v) is 12.4. The van der Waals surface area contributed by atoms with Crippen LogP contribution in [0.2, 0.25) is 5.02 Å². The average molecular weight is 522 g/mol. The lowest BCUT2D eigenvalue weighted by atomic mass is 10.2. The molecule has 0 N–H and O–H groups in total. The highest BCUT2D eigenvalue weighted by Crippen LogP contribution is 2.41. The molecule has 0 spiro atoms. The highest BCUT2D eigenvalue weighted by molar-refractivity contribution is 9.10. The van der Waals surface area contributed by atoms with Crippen LogP contribution in [0.3, 0.4) is 0 Å². The molecule has 0 aromatic heterocycles. The Morgan fingerprint density at radius 3 is 2.39 bits per heavy atom. The highest BCUT2D eigenvalue weighted by atomic mass is 79.9. The van der Waals surface area contributed by atoms with Crippen molar-refractivity contribution >= 4 is 48.9 Å². The van der Waals surface area contributed by atoms with Crippen molar-refractivity contribution in [3.63, 3.8) is 0 Å². The molecule has 162 valence electrons. The number of halogens is 2. The first-order valence-electron chi connectivity index (χ1n) is 9.79. The van der Waals surface area contributed by atoms with Gasteiger partial charge in [-0.1, -0.05) is 60.1 Å². The van der Waals surface area contributed by atoms with Crippen LogP contribution in [-0.2, 0) is 21.4 Å². The Balaban J connectivity index is 1.71. The summed E-state index contributed by atoms with van der Waals surface area (Å²) in [5, 5.41) is 0.455. The number of para-hydroxylation sites is 1. The third-order valence-corrected chi connectivity index (χ3v) is 8.48. The van der Waals surface area contributed by atoms with Gasteiger partial charge >= 0.3 is 0 Å². The molecule has 8 heteroatoms. The van der Waals surface area contributed by atoms with E-state index in [2.05, 4.69) is 15.9 Å². The number of benzene rings is 3. The van der Waals surface area contributed by atoms with E-state index in [0.717, 1.165) is 11.3 Å². The Labute approximate surface area is 196 Å². The topological polar surface area (TPSA) is 49.9 Å². The molecule has 0 fully saturated rings. The predicted molar refractivity (Wildman–Crippen MR) is 127 cm³/mol. The highest BCUT2D eigenvalue weighted by Gasteiger charge is 2.37. The monoisotopic (exact) mass is 520 g/mol. The number of likely N-dealkylation sites (N-methyl/N-ethyl adjacent to an activating group) is 1. The molecule has 0 radical (unpaired) electrons. The lowest BCUT2D eigenvalue weighted by molar-refractivity contribution is 0.0852. The molecule has 1 aliphatic heterocycles. The van der Waals surface area contributed by atoms with Crippen molar-refractivity contribution in [1.29, 1.82) is 0 Å². The van der Waals surface area contributed by atoms with Crippen molar-refractivity contribution in [2.45, 2.75) is 17.5 Å². The number of rotatable bonds is 5. The van der Waals surface area contributed by atoms with Gasteiger partial charge in [-0.25, -0.2) is 8.42 Å². The minimum Gasteiger partial charge on any atom is -0.375 e. The number of fused-ring (bicyclic) bond motifs is 1. The number of hydrogen-bond donors (Lipinski definition) is 0. The molecular formula is C23H22BrClN2O3S. The van der Waals surface area contributed by atoms with Crippen LogP contribution >= 0.6 is 27.5 Å². The van der Waals surface area contributed by atoms with Gasteiger partial charge in [-0.05, 0) is 45.8 Å². The maximum atomic E-state index is 13.5. The summed E-state index contributed by atoms with van der Waals surface area (Å²) in [7, 11) is -2.15. The van der Waals surface area contributed by atoms with Crippen molar-refractivity contribution in [1.82, 2.24) is 4.31 Å². The van der Waals surface area contributed by atoms with Crippen molar-refractivity contribution in [3.05, 3.63) is 87.9 Å². The number of nitrogens with zero attached hydrogens (tertiary/aromatic N) is 2. The van der Waals surface area contributed by atoms with Gasteiger partial charge < -0.3 is 9.64 Å². The Kier molecular flexibility index (Phi) is 6.69. The molecule has 1 aliphatic rings. The van der Waals surface area contributed by atoms with Gasteiger partial charge in [-0.15, -0.1) is 0 Å². The molecule has 1 atom stereocenters. The Hall–Kier alpha value is -1.90. The van der Waals surface area contributed by atoms with E-state index in [1.807, 2.05) is 65.6 Å². The van der Waals surface area contributed by atoms with E-state index < -0.39 is 10.0 Å². The van der Waals surface area contributed by atoms with Gasteiger partial charge in [-0.2, -0.15) is 4.31 Å². The largest absolute Gasteiger partial charge is 0.375 e. The van der Waals surface area contributed by atoms with E-state index >= 15 is 0 Å². The summed E-state index contributed by atoms with van der Waals surface area (Å²) in [5.41, 5.74) is 2.48. The zero-order valence-electron chi connectivity index (χ0n) is 16.9. The second kappa shape index (κ2) is 9.30. The molecule has 3 aromatic rings. The molecular weight excluding hydrogens is 500 g/mol. The SMILES string of the molecule is CN1C(COCc2ccccc2)CN(c2ccccc2)c2cc(Cl)c(Br)cc2S1(=O)=O. The third-order valence-electron chi connectivity index (χ3n) is 5.35. The normalized spacial score (nSPS) is 18.4. The summed E-state index contributed by atoms with van der Waals surface area (Å²) in [6.45, 7) is 1.11. The summed E-state index contributed by atoms with van der Waals surface area (Å²) in [5.74, 6) is 0. The van der Waals surface area contributed by atoms with Crippen LogP contribution in [0.1, 0.15) is 5.56 Å². The predicted octanol–water partition coefficient (Wildman–Crippen LogP) is 5.46. The summed E-state index contributed by atoms with van der Waals surface area (Å²) in [6, 6.07) is 22.4. The van der Waals surface area contributed by atoms with E-state index in [1.54, 1.807) is 19.2 Å². The third kappa shape index (κ3) is 4.66. The van der Waals surface area contributed by atoms with Crippen LogP contribution in [-0.4, -0.2) is 39.0 Å². The van der Waals surface area contributed by atoms with Gasteiger partial charge in [-0.3, -0.25) is 0 Å². The smallest absolute Gasteiger partial charge is 0.245 e. The first-order chi connectivity index (χ1) is 14.9. The number of ether oxygens (including phenoxy) is 1. The molecule has 0 amide bonds. The van der Waals surface area contributed by atoms with E-state index in [0.29, 0.717) is 28.3 Å². The summed E-state index contributed by atoms with van der Waals surface area (Å²) in [6.07, 6.45) is 0. The quantitative estimate of drug-likeness (QED) is 0.447.